The largest absolute Gasteiger partial charge is 0.378 e. The second-order valence-corrected chi connectivity index (χ2v) is 7.96. The van der Waals surface area contributed by atoms with Crippen molar-refractivity contribution in [3.63, 3.8) is 0 Å². The van der Waals surface area contributed by atoms with Crippen LogP contribution < -0.4 is 10.6 Å². The van der Waals surface area contributed by atoms with Gasteiger partial charge in [-0.1, -0.05) is 27.7 Å². The second kappa shape index (κ2) is 9.58. The van der Waals surface area contributed by atoms with E-state index < -0.39 is 0 Å². The molecule has 6 nitrogen and oxygen atoms in total. The topological polar surface area (TPSA) is 63.5 Å². The lowest BCUT2D eigenvalue weighted by Gasteiger charge is -2.59. The van der Waals surface area contributed by atoms with E-state index in [4.69, 9.17) is 9.73 Å². The number of guanidine groups is 1. The molecule has 1 aliphatic rings. The summed E-state index contributed by atoms with van der Waals surface area (Å²) in [6.45, 7) is 14.6. The summed E-state index contributed by atoms with van der Waals surface area (Å²) >= 11 is 0. The summed E-state index contributed by atoms with van der Waals surface area (Å²) < 4.78 is 7.75. The summed E-state index contributed by atoms with van der Waals surface area (Å²) in [5.41, 5.74) is 3.66. The maximum atomic E-state index is 5.74. The molecule has 0 aliphatic heterocycles. The lowest BCUT2D eigenvalue weighted by atomic mass is 9.56. The standard InChI is InChI=1S/C20H37N5O.HI/c1-9-15-14(16(10-2)25(7)24-15)13-22-18(21-11-3)23-17-12-20(6,26-8)19(17,4)5;/h17H,9-13H2,1-8H3,(H2,21,22,23);1H. The van der Waals surface area contributed by atoms with Crippen LogP contribution in [0.5, 0.6) is 0 Å². The first kappa shape index (κ1) is 24.2. The molecule has 2 N–H and O–H groups in total. The van der Waals surface area contributed by atoms with E-state index in [0.717, 1.165) is 37.5 Å². The molecule has 0 spiro atoms. The SMILES string of the molecule is CCNC(=NCc1c(CC)nn(C)c1CC)NC1CC(C)(OC)C1(C)C.I. The summed E-state index contributed by atoms with van der Waals surface area (Å²) in [7, 11) is 3.83. The van der Waals surface area contributed by atoms with E-state index in [2.05, 4.69) is 57.3 Å². The Morgan fingerprint density at radius 3 is 2.41 bits per heavy atom. The predicted molar refractivity (Wildman–Crippen MR) is 123 cm³/mol. The molecule has 156 valence electrons. The van der Waals surface area contributed by atoms with Gasteiger partial charge in [-0.05, 0) is 33.1 Å². The Kier molecular flexibility index (Phi) is 8.59. The van der Waals surface area contributed by atoms with Crippen molar-refractivity contribution in [1.82, 2.24) is 20.4 Å². The van der Waals surface area contributed by atoms with Gasteiger partial charge in [0.1, 0.15) is 0 Å². The molecule has 1 aromatic rings. The van der Waals surface area contributed by atoms with E-state index in [-0.39, 0.29) is 35.0 Å². The average Bonchev–Trinajstić information content (AvgIpc) is 2.93. The first-order chi connectivity index (χ1) is 12.2. The van der Waals surface area contributed by atoms with Crippen LogP contribution in [0.4, 0.5) is 0 Å². The minimum Gasteiger partial charge on any atom is -0.378 e. The molecule has 1 aromatic heterocycles. The number of hydrogen-bond donors (Lipinski definition) is 2. The van der Waals surface area contributed by atoms with Crippen LogP contribution in [-0.4, -0.2) is 41.0 Å². The van der Waals surface area contributed by atoms with E-state index in [1.807, 2.05) is 11.7 Å². The molecule has 2 rings (SSSR count). The van der Waals surface area contributed by atoms with E-state index in [0.29, 0.717) is 12.6 Å². The molecule has 2 atom stereocenters. The number of aryl methyl sites for hydroxylation is 2. The van der Waals surface area contributed by atoms with Gasteiger partial charge in [-0.2, -0.15) is 5.10 Å². The third-order valence-corrected chi connectivity index (χ3v) is 6.36. The quantitative estimate of drug-likeness (QED) is 0.349. The Labute approximate surface area is 181 Å². The van der Waals surface area contributed by atoms with Crippen molar-refractivity contribution in [2.45, 2.75) is 79.0 Å². The minimum absolute atomic E-state index is 0. The molecule has 0 radical (unpaired) electrons. The number of nitrogens with zero attached hydrogens (tertiary/aromatic N) is 3. The van der Waals surface area contributed by atoms with Crippen molar-refractivity contribution >= 4 is 29.9 Å². The Morgan fingerprint density at radius 2 is 1.93 bits per heavy atom. The number of methoxy groups -OCH3 is 1. The summed E-state index contributed by atoms with van der Waals surface area (Å²) in [6.07, 6.45) is 2.89. The molecule has 0 saturated heterocycles. The fraction of sp³-hybridized carbons (Fsp3) is 0.800. The zero-order valence-corrected chi connectivity index (χ0v) is 20.6. The zero-order valence-electron chi connectivity index (χ0n) is 18.3. The number of aromatic nitrogens is 2. The van der Waals surface area contributed by atoms with Crippen molar-refractivity contribution in [2.24, 2.45) is 17.5 Å². The molecule has 7 heteroatoms. The zero-order chi connectivity index (χ0) is 19.5. The summed E-state index contributed by atoms with van der Waals surface area (Å²) in [6, 6.07) is 0.343. The molecule has 27 heavy (non-hydrogen) atoms. The van der Waals surface area contributed by atoms with Crippen molar-refractivity contribution < 1.29 is 4.74 Å². The van der Waals surface area contributed by atoms with Gasteiger partial charge in [-0.3, -0.25) is 4.68 Å². The number of aliphatic imine (C=N–C) groups is 1. The summed E-state index contributed by atoms with van der Waals surface area (Å²) in [4.78, 5) is 4.88. The molecule has 1 saturated carbocycles. The van der Waals surface area contributed by atoms with Crippen molar-refractivity contribution in [3.05, 3.63) is 17.0 Å². The van der Waals surface area contributed by atoms with Gasteiger partial charge in [-0.15, -0.1) is 24.0 Å². The number of ether oxygens (including phenoxy) is 1. The van der Waals surface area contributed by atoms with E-state index >= 15 is 0 Å². The van der Waals surface area contributed by atoms with Gasteiger partial charge in [0.2, 0.25) is 0 Å². The lowest BCUT2D eigenvalue weighted by Crippen LogP contribution is -2.69. The van der Waals surface area contributed by atoms with Crippen LogP contribution in [0, 0.1) is 5.41 Å². The third-order valence-electron chi connectivity index (χ3n) is 6.36. The van der Waals surface area contributed by atoms with E-state index in [9.17, 15) is 0 Å². The minimum atomic E-state index is -0.0872. The summed E-state index contributed by atoms with van der Waals surface area (Å²) in [5, 5.41) is 11.7. The van der Waals surface area contributed by atoms with Gasteiger partial charge in [0.25, 0.3) is 0 Å². The van der Waals surface area contributed by atoms with Gasteiger partial charge in [0.15, 0.2) is 5.96 Å². The van der Waals surface area contributed by atoms with Crippen LogP contribution in [-0.2, 0) is 31.2 Å². The molecule has 2 unspecified atom stereocenters. The first-order valence-electron chi connectivity index (χ1n) is 9.87. The molecule has 1 aliphatic carbocycles. The highest BCUT2D eigenvalue weighted by molar-refractivity contribution is 14.0. The van der Waals surface area contributed by atoms with E-state index in [1.54, 1.807) is 7.11 Å². The Bertz CT molecular complexity index is 655. The van der Waals surface area contributed by atoms with Gasteiger partial charge in [0.05, 0.1) is 17.8 Å². The van der Waals surface area contributed by atoms with Gasteiger partial charge >= 0.3 is 0 Å². The average molecular weight is 491 g/mol. The molecule has 1 fully saturated rings. The highest BCUT2D eigenvalue weighted by Crippen LogP contribution is 2.51. The monoisotopic (exact) mass is 491 g/mol. The normalized spacial score (nSPS) is 24.1. The maximum absolute atomic E-state index is 5.74. The molecule has 1 heterocycles. The van der Waals surface area contributed by atoms with Crippen LogP contribution in [0.25, 0.3) is 0 Å². The number of hydrogen-bond acceptors (Lipinski definition) is 3. The molecule has 0 amide bonds. The number of rotatable bonds is 7. The maximum Gasteiger partial charge on any atom is 0.191 e. The van der Waals surface area contributed by atoms with Crippen LogP contribution >= 0.6 is 24.0 Å². The van der Waals surface area contributed by atoms with Gasteiger partial charge < -0.3 is 15.4 Å². The van der Waals surface area contributed by atoms with Crippen molar-refractivity contribution in [1.29, 1.82) is 0 Å². The lowest BCUT2D eigenvalue weighted by molar-refractivity contribution is -0.176. The Morgan fingerprint density at radius 1 is 1.26 bits per heavy atom. The number of nitrogens with one attached hydrogen (secondary N) is 2. The fourth-order valence-corrected chi connectivity index (χ4v) is 3.94. The van der Waals surface area contributed by atoms with Crippen LogP contribution in [0.15, 0.2) is 4.99 Å². The van der Waals surface area contributed by atoms with Gasteiger partial charge in [-0.25, -0.2) is 4.99 Å². The third kappa shape index (κ3) is 4.60. The number of halogens is 1. The smallest absolute Gasteiger partial charge is 0.191 e. The second-order valence-electron chi connectivity index (χ2n) is 7.96. The molecule has 0 bridgehead atoms. The molecular formula is C20H38IN5O. The molecule has 0 aromatic carbocycles. The van der Waals surface area contributed by atoms with Crippen LogP contribution in [0.2, 0.25) is 0 Å². The Hall–Kier alpha value is -0.830. The fourth-order valence-electron chi connectivity index (χ4n) is 3.94. The van der Waals surface area contributed by atoms with Crippen LogP contribution in [0.1, 0.15) is 64.9 Å². The molecular weight excluding hydrogens is 453 g/mol. The Balaban J connectivity index is 0.00000364. The van der Waals surface area contributed by atoms with E-state index in [1.165, 1.54) is 11.3 Å². The first-order valence-corrected chi connectivity index (χ1v) is 9.87. The van der Waals surface area contributed by atoms with Crippen molar-refractivity contribution in [3.8, 4) is 0 Å². The highest BCUT2D eigenvalue weighted by atomic mass is 127. The summed E-state index contributed by atoms with van der Waals surface area (Å²) in [5.74, 6) is 0.872. The van der Waals surface area contributed by atoms with Gasteiger partial charge in [0, 0.05) is 43.4 Å². The highest BCUT2D eigenvalue weighted by Gasteiger charge is 2.58. The van der Waals surface area contributed by atoms with Crippen LogP contribution in [0.3, 0.4) is 0 Å². The van der Waals surface area contributed by atoms with Crippen molar-refractivity contribution in [2.75, 3.05) is 13.7 Å². The predicted octanol–water partition coefficient (Wildman–Crippen LogP) is 3.42.